The van der Waals surface area contributed by atoms with E-state index in [0.29, 0.717) is 11.5 Å². The van der Waals surface area contributed by atoms with Crippen LogP contribution in [0.25, 0.3) is 0 Å². The molecule has 32 heavy (non-hydrogen) atoms. The van der Waals surface area contributed by atoms with Crippen LogP contribution in [0.1, 0.15) is 35.3 Å². The molecule has 0 bridgehead atoms. The average Bonchev–Trinajstić information content (AvgIpc) is 2.75. The predicted octanol–water partition coefficient (Wildman–Crippen LogP) is 4.14. The van der Waals surface area contributed by atoms with Gasteiger partial charge in [-0.25, -0.2) is 0 Å². The summed E-state index contributed by atoms with van der Waals surface area (Å²) in [6.45, 7) is 3.24. The van der Waals surface area contributed by atoms with Crippen molar-refractivity contribution in [3.8, 4) is 11.5 Å². The van der Waals surface area contributed by atoms with Crippen molar-refractivity contribution < 1.29 is 32.2 Å². The van der Waals surface area contributed by atoms with Gasteiger partial charge in [-0.15, -0.1) is 0 Å². The minimum absolute atomic E-state index is 0.0257. The smallest absolute Gasteiger partial charge is 0.416 e. The van der Waals surface area contributed by atoms with Gasteiger partial charge < -0.3 is 19.7 Å². The lowest BCUT2D eigenvalue weighted by Gasteiger charge is -2.28. The second-order valence-electron chi connectivity index (χ2n) is 7.65. The van der Waals surface area contributed by atoms with Gasteiger partial charge in [0.15, 0.2) is 0 Å². The van der Waals surface area contributed by atoms with Crippen molar-refractivity contribution in [3.63, 3.8) is 0 Å². The third-order valence-corrected chi connectivity index (χ3v) is 4.94. The molecule has 1 atom stereocenters. The molecule has 0 radical (unpaired) electrons. The van der Waals surface area contributed by atoms with Crippen LogP contribution in [0.3, 0.4) is 0 Å². The highest BCUT2D eigenvalue weighted by atomic mass is 19.4. The van der Waals surface area contributed by atoms with E-state index in [4.69, 9.17) is 9.47 Å². The number of alkyl halides is 3. The van der Waals surface area contributed by atoms with Crippen LogP contribution in [0.2, 0.25) is 0 Å². The summed E-state index contributed by atoms with van der Waals surface area (Å²) in [5.41, 5.74) is -0.597. The highest BCUT2D eigenvalue weighted by Crippen LogP contribution is 2.32. The Morgan fingerprint density at radius 2 is 1.59 bits per heavy atom. The van der Waals surface area contributed by atoms with Crippen molar-refractivity contribution in [1.29, 1.82) is 0 Å². The van der Waals surface area contributed by atoms with E-state index < -0.39 is 29.6 Å². The van der Waals surface area contributed by atoms with Crippen LogP contribution >= 0.6 is 0 Å². The van der Waals surface area contributed by atoms with Gasteiger partial charge in [0.2, 0.25) is 5.91 Å². The highest BCUT2D eigenvalue weighted by Gasteiger charge is 2.34. The average molecular weight is 452 g/mol. The quantitative estimate of drug-likeness (QED) is 0.654. The van der Waals surface area contributed by atoms with Crippen LogP contribution < -0.4 is 14.8 Å². The number of hydrogen-bond acceptors (Lipinski definition) is 4. The Hall–Kier alpha value is -3.23. The van der Waals surface area contributed by atoms with Gasteiger partial charge in [-0.2, -0.15) is 13.2 Å². The molecule has 0 saturated carbocycles. The first kappa shape index (κ1) is 25.0. The van der Waals surface area contributed by atoms with Gasteiger partial charge in [-0.3, -0.25) is 9.59 Å². The van der Waals surface area contributed by atoms with E-state index in [9.17, 15) is 22.8 Å². The Morgan fingerprint density at radius 3 is 2.09 bits per heavy atom. The van der Waals surface area contributed by atoms with E-state index in [-0.39, 0.29) is 23.6 Å². The first-order valence-corrected chi connectivity index (χ1v) is 9.92. The number of rotatable bonds is 8. The van der Waals surface area contributed by atoms with Gasteiger partial charge >= 0.3 is 6.18 Å². The Kier molecular flexibility index (Phi) is 8.13. The molecule has 2 aromatic rings. The minimum atomic E-state index is -4.53. The van der Waals surface area contributed by atoms with E-state index in [1.807, 2.05) is 0 Å². The Labute approximate surface area is 185 Å². The fraction of sp³-hybridized carbons (Fsp3) is 0.391. The molecular weight excluding hydrogens is 425 g/mol. The van der Waals surface area contributed by atoms with Gasteiger partial charge in [0.25, 0.3) is 5.91 Å². The van der Waals surface area contributed by atoms with Crippen molar-refractivity contribution in [2.45, 2.75) is 32.6 Å². The predicted molar refractivity (Wildman–Crippen MR) is 114 cm³/mol. The van der Waals surface area contributed by atoms with E-state index in [2.05, 4.69) is 5.32 Å². The molecule has 0 aliphatic rings. The number of halogens is 3. The molecule has 0 aliphatic carbocycles. The second kappa shape index (κ2) is 10.4. The Balaban J connectivity index is 2.22. The monoisotopic (exact) mass is 452 g/mol. The number of carbonyl (C=O) groups is 2. The molecule has 2 amide bonds. The van der Waals surface area contributed by atoms with E-state index in [1.54, 1.807) is 19.9 Å². The molecule has 6 nitrogen and oxygen atoms in total. The zero-order valence-corrected chi connectivity index (χ0v) is 18.6. The van der Waals surface area contributed by atoms with Crippen LogP contribution in [-0.4, -0.2) is 44.0 Å². The van der Waals surface area contributed by atoms with Crippen LogP contribution in [0.15, 0.2) is 42.5 Å². The number of amides is 2. The summed E-state index contributed by atoms with van der Waals surface area (Å²) in [6, 6.07) is 8.76. The number of carbonyl (C=O) groups excluding carboxylic acids is 2. The normalized spacial score (nSPS) is 12.3. The fourth-order valence-corrected chi connectivity index (χ4v) is 3.18. The highest BCUT2D eigenvalue weighted by molar-refractivity contribution is 5.98. The zero-order valence-electron chi connectivity index (χ0n) is 18.6. The molecule has 2 aromatic carbocycles. The summed E-state index contributed by atoms with van der Waals surface area (Å²) in [5.74, 6) is -0.525. The number of nitrogens with zero attached hydrogens (tertiary/aromatic N) is 1. The van der Waals surface area contributed by atoms with Crippen LogP contribution in [0, 0.1) is 5.92 Å². The molecule has 1 unspecified atom stereocenters. The number of ether oxygens (including phenoxy) is 2. The maximum absolute atomic E-state index is 13.3. The minimum Gasteiger partial charge on any atom is -0.497 e. The molecule has 1 N–H and O–H groups in total. The van der Waals surface area contributed by atoms with Gasteiger partial charge in [-0.1, -0.05) is 32.0 Å². The number of methoxy groups -OCH3 is 2. The molecule has 0 heterocycles. The van der Waals surface area contributed by atoms with Crippen molar-refractivity contribution in [3.05, 3.63) is 59.2 Å². The van der Waals surface area contributed by atoms with Gasteiger partial charge in [0.1, 0.15) is 17.5 Å². The Morgan fingerprint density at radius 1 is 1.03 bits per heavy atom. The summed E-state index contributed by atoms with van der Waals surface area (Å²) in [5, 5.41) is 2.68. The lowest BCUT2D eigenvalue weighted by atomic mass is 10.0. The Bertz CT molecular complexity index is 938. The lowest BCUT2D eigenvalue weighted by Crippen LogP contribution is -2.50. The van der Waals surface area contributed by atoms with E-state index in [1.165, 1.54) is 56.5 Å². The third-order valence-electron chi connectivity index (χ3n) is 4.94. The maximum Gasteiger partial charge on any atom is 0.416 e. The van der Waals surface area contributed by atoms with Crippen molar-refractivity contribution in [1.82, 2.24) is 10.2 Å². The number of likely N-dealkylation sites (N-methyl/N-ethyl adjacent to an activating group) is 1. The molecule has 0 aromatic heterocycles. The van der Waals surface area contributed by atoms with Gasteiger partial charge in [0.05, 0.1) is 19.8 Å². The van der Waals surface area contributed by atoms with E-state index in [0.717, 1.165) is 6.07 Å². The molecule has 2 rings (SSSR count). The second-order valence-corrected chi connectivity index (χ2v) is 7.65. The largest absolute Gasteiger partial charge is 0.497 e. The van der Waals surface area contributed by atoms with Crippen LogP contribution in [0.4, 0.5) is 13.2 Å². The summed E-state index contributed by atoms with van der Waals surface area (Å²) >= 11 is 0. The summed E-state index contributed by atoms with van der Waals surface area (Å²) in [7, 11) is 4.31. The number of nitrogens with one attached hydrogen (secondary N) is 1. The summed E-state index contributed by atoms with van der Waals surface area (Å²) < 4.78 is 50.2. The molecule has 0 fully saturated rings. The lowest BCUT2D eigenvalue weighted by molar-refractivity contribution is -0.140. The fourth-order valence-electron chi connectivity index (χ4n) is 3.18. The van der Waals surface area contributed by atoms with Crippen LogP contribution in [-0.2, 0) is 17.5 Å². The maximum atomic E-state index is 13.3. The third kappa shape index (κ3) is 6.15. The summed E-state index contributed by atoms with van der Waals surface area (Å²) in [6.07, 6.45) is -4.53. The standard InChI is InChI=1S/C23H27F3N2O4/c1-14(2)20(27-21(29)16-10-17(31-4)12-18(11-16)32-5)22(30)28(3)13-15-8-6-7-9-19(15)23(24,25)26/h6-12,14,20H,13H2,1-5H3,(H,27,29). The molecule has 0 aliphatic heterocycles. The van der Waals surface area contributed by atoms with Gasteiger partial charge in [0, 0.05) is 25.2 Å². The van der Waals surface area contributed by atoms with Crippen LogP contribution in [0.5, 0.6) is 11.5 Å². The van der Waals surface area contributed by atoms with Crippen molar-refractivity contribution >= 4 is 11.8 Å². The first-order chi connectivity index (χ1) is 15.0. The van der Waals surface area contributed by atoms with Gasteiger partial charge in [-0.05, 0) is 29.7 Å². The molecular formula is C23H27F3N2O4. The molecule has 0 saturated heterocycles. The van der Waals surface area contributed by atoms with Crippen molar-refractivity contribution in [2.24, 2.45) is 5.92 Å². The first-order valence-electron chi connectivity index (χ1n) is 9.92. The zero-order chi connectivity index (χ0) is 24.1. The SMILES string of the molecule is COc1cc(OC)cc(C(=O)NC(C(=O)N(C)Cc2ccccc2C(F)(F)F)C(C)C)c1. The number of hydrogen-bond donors (Lipinski definition) is 1. The molecule has 9 heteroatoms. The molecule has 174 valence electrons. The van der Waals surface area contributed by atoms with Crippen molar-refractivity contribution in [2.75, 3.05) is 21.3 Å². The molecule has 0 spiro atoms. The summed E-state index contributed by atoms with van der Waals surface area (Å²) in [4.78, 5) is 27.1. The van der Waals surface area contributed by atoms with E-state index >= 15 is 0 Å². The topological polar surface area (TPSA) is 67.9 Å². The number of benzene rings is 2.